The third-order valence-electron chi connectivity index (χ3n) is 1.84. The third-order valence-corrected chi connectivity index (χ3v) is 1.84. The Morgan fingerprint density at radius 3 is 2.83 bits per heavy atom. The molecule has 1 N–H and O–H groups in total. The van der Waals surface area contributed by atoms with Gasteiger partial charge in [0.1, 0.15) is 5.69 Å². The molecule has 0 amide bonds. The van der Waals surface area contributed by atoms with E-state index in [1.54, 1.807) is 6.08 Å². The number of aromatic nitrogens is 2. The van der Waals surface area contributed by atoms with Gasteiger partial charge in [-0.25, -0.2) is 4.98 Å². The topological polar surface area (TPSA) is 45.8 Å². The van der Waals surface area contributed by atoms with Gasteiger partial charge in [0.05, 0.1) is 12.5 Å². The summed E-state index contributed by atoms with van der Waals surface area (Å²) in [4.78, 5) is 18.2. The lowest BCUT2D eigenvalue weighted by Gasteiger charge is -2.15. The second-order valence-corrected chi connectivity index (χ2v) is 3.22. The van der Waals surface area contributed by atoms with E-state index >= 15 is 0 Å². The second kappa shape index (κ2) is 2.93. The monoisotopic (exact) mass is 164 g/mol. The Balaban J connectivity index is 2.93. The van der Waals surface area contributed by atoms with Crippen molar-refractivity contribution in [1.82, 2.24) is 9.97 Å². The molecule has 0 atom stereocenters. The number of rotatable bonds is 3. The lowest BCUT2D eigenvalue weighted by molar-refractivity contribution is 0.0881. The first-order valence-electron chi connectivity index (χ1n) is 3.74. The normalized spacial score (nSPS) is 11.2. The molecule has 3 nitrogen and oxygen atoms in total. The van der Waals surface area contributed by atoms with E-state index in [1.165, 1.54) is 12.5 Å². The zero-order chi connectivity index (χ0) is 9.19. The SMILES string of the molecule is C=CC(C)(C)C(=O)c1cnc[nH]1. The van der Waals surface area contributed by atoms with E-state index in [9.17, 15) is 4.79 Å². The predicted octanol–water partition coefficient (Wildman–Crippen LogP) is 1.80. The number of nitrogens with one attached hydrogen (secondary N) is 1. The summed E-state index contributed by atoms with van der Waals surface area (Å²) in [6.45, 7) is 7.25. The number of allylic oxidation sites excluding steroid dienone is 1. The molecule has 0 spiro atoms. The number of hydrogen-bond acceptors (Lipinski definition) is 2. The van der Waals surface area contributed by atoms with Gasteiger partial charge in [0, 0.05) is 5.41 Å². The van der Waals surface area contributed by atoms with Crippen LogP contribution in [0.15, 0.2) is 25.2 Å². The first-order valence-corrected chi connectivity index (χ1v) is 3.74. The molecule has 3 heteroatoms. The van der Waals surface area contributed by atoms with Crippen molar-refractivity contribution in [2.75, 3.05) is 0 Å². The van der Waals surface area contributed by atoms with Gasteiger partial charge < -0.3 is 4.98 Å². The largest absolute Gasteiger partial charge is 0.342 e. The molecule has 1 rings (SSSR count). The molecule has 12 heavy (non-hydrogen) atoms. The summed E-state index contributed by atoms with van der Waals surface area (Å²) in [7, 11) is 0. The minimum absolute atomic E-state index is 0.00926. The summed E-state index contributed by atoms with van der Waals surface area (Å²) >= 11 is 0. The first-order chi connectivity index (χ1) is 5.58. The highest BCUT2D eigenvalue weighted by Gasteiger charge is 2.25. The Morgan fingerprint density at radius 2 is 2.42 bits per heavy atom. The summed E-state index contributed by atoms with van der Waals surface area (Å²) in [5.41, 5.74) is 0.00639. The number of carbonyl (C=O) groups excluding carboxylic acids is 1. The van der Waals surface area contributed by atoms with Crippen molar-refractivity contribution in [3.63, 3.8) is 0 Å². The molecule has 0 fully saturated rings. The van der Waals surface area contributed by atoms with Crippen molar-refractivity contribution in [2.45, 2.75) is 13.8 Å². The minimum atomic E-state index is -0.521. The summed E-state index contributed by atoms with van der Waals surface area (Å²) in [6, 6.07) is 0. The van der Waals surface area contributed by atoms with Crippen LogP contribution in [0.2, 0.25) is 0 Å². The van der Waals surface area contributed by atoms with Gasteiger partial charge in [-0.05, 0) is 13.8 Å². The van der Waals surface area contributed by atoms with Crippen LogP contribution in [0.1, 0.15) is 24.3 Å². The Morgan fingerprint density at radius 1 is 1.75 bits per heavy atom. The van der Waals surface area contributed by atoms with E-state index in [0.717, 1.165) is 0 Å². The Labute approximate surface area is 71.5 Å². The summed E-state index contributed by atoms with van der Waals surface area (Å²) in [5.74, 6) is 0.00926. The molecular formula is C9H12N2O. The number of imidazole rings is 1. The molecular weight excluding hydrogens is 152 g/mol. The van der Waals surface area contributed by atoms with Crippen LogP contribution in [0.3, 0.4) is 0 Å². The Bertz CT molecular complexity index is 285. The first kappa shape index (κ1) is 8.71. The number of carbonyl (C=O) groups is 1. The number of H-pyrrole nitrogens is 1. The summed E-state index contributed by atoms with van der Waals surface area (Å²) < 4.78 is 0. The average Bonchev–Trinajstić information content (AvgIpc) is 2.55. The molecule has 0 aliphatic heterocycles. The fraction of sp³-hybridized carbons (Fsp3) is 0.333. The molecule has 1 heterocycles. The van der Waals surface area contributed by atoms with E-state index in [0.29, 0.717) is 5.69 Å². The molecule has 1 aromatic heterocycles. The fourth-order valence-electron chi connectivity index (χ4n) is 0.820. The van der Waals surface area contributed by atoms with Gasteiger partial charge >= 0.3 is 0 Å². The van der Waals surface area contributed by atoms with Crippen LogP contribution in [0.25, 0.3) is 0 Å². The fourth-order valence-corrected chi connectivity index (χ4v) is 0.820. The van der Waals surface area contributed by atoms with E-state index in [-0.39, 0.29) is 5.78 Å². The standard InChI is InChI=1S/C9H12N2O/c1-4-9(2,3)8(12)7-5-10-6-11-7/h4-6H,1H2,2-3H3,(H,10,11). The van der Waals surface area contributed by atoms with Crippen LogP contribution in [0.4, 0.5) is 0 Å². The quantitative estimate of drug-likeness (QED) is 0.547. The van der Waals surface area contributed by atoms with Crippen molar-refractivity contribution < 1.29 is 4.79 Å². The van der Waals surface area contributed by atoms with Crippen LogP contribution in [0.5, 0.6) is 0 Å². The van der Waals surface area contributed by atoms with Gasteiger partial charge in [0.2, 0.25) is 0 Å². The zero-order valence-corrected chi connectivity index (χ0v) is 7.29. The minimum Gasteiger partial charge on any atom is -0.342 e. The van der Waals surface area contributed by atoms with E-state index < -0.39 is 5.41 Å². The average molecular weight is 164 g/mol. The molecule has 64 valence electrons. The number of hydrogen-bond donors (Lipinski definition) is 1. The van der Waals surface area contributed by atoms with Crippen molar-refractivity contribution in [3.8, 4) is 0 Å². The van der Waals surface area contributed by atoms with Crippen LogP contribution in [-0.4, -0.2) is 15.8 Å². The van der Waals surface area contributed by atoms with Crippen LogP contribution < -0.4 is 0 Å². The zero-order valence-electron chi connectivity index (χ0n) is 7.29. The van der Waals surface area contributed by atoms with Crippen LogP contribution in [-0.2, 0) is 0 Å². The number of nitrogens with zero attached hydrogens (tertiary/aromatic N) is 1. The molecule has 1 aromatic rings. The third kappa shape index (κ3) is 1.44. The highest BCUT2D eigenvalue weighted by molar-refractivity contribution is 5.99. The van der Waals surface area contributed by atoms with Gasteiger partial charge in [0.25, 0.3) is 0 Å². The van der Waals surface area contributed by atoms with Crippen LogP contribution in [0, 0.1) is 5.41 Å². The van der Waals surface area contributed by atoms with Crippen molar-refractivity contribution >= 4 is 5.78 Å². The van der Waals surface area contributed by atoms with Gasteiger partial charge in [-0.3, -0.25) is 4.79 Å². The van der Waals surface area contributed by atoms with Gasteiger partial charge in [-0.15, -0.1) is 6.58 Å². The smallest absolute Gasteiger partial charge is 0.189 e. The number of aromatic amines is 1. The molecule has 0 saturated carbocycles. The molecule has 0 saturated heterocycles. The Hall–Kier alpha value is -1.38. The summed E-state index contributed by atoms with van der Waals surface area (Å²) in [6.07, 6.45) is 4.65. The molecule has 0 unspecified atom stereocenters. The number of Topliss-reactive ketones (excluding diaryl/α,β-unsaturated/α-hetero) is 1. The highest BCUT2D eigenvalue weighted by Crippen LogP contribution is 2.21. The highest BCUT2D eigenvalue weighted by atomic mass is 16.1. The maximum atomic E-state index is 11.6. The number of ketones is 1. The lowest BCUT2D eigenvalue weighted by Crippen LogP contribution is -2.21. The molecule has 0 aliphatic rings. The maximum absolute atomic E-state index is 11.6. The summed E-state index contributed by atoms with van der Waals surface area (Å²) in [5, 5.41) is 0. The second-order valence-electron chi connectivity index (χ2n) is 3.22. The van der Waals surface area contributed by atoms with Crippen molar-refractivity contribution in [1.29, 1.82) is 0 Å². The molecule has 0 radical (unpaired) electrons. The lowest BCUT2D eigenvalue weighted by atomic mass is 9.87. The van der Waals surface area contributed by atoms with Crippen molar-refractivity contribution in [3.05, 3.63) is 30.9 Å². The van der Waals surface area contributed by atoms with Crippen molar-refractivity contribution in [2.24, 2.45) is 5.41 Å². The predicted molar refractivity (Wildman–Crippen MR) is 46.9 cm³/mol. The van der Waals surface area contributed by atoms with Gasteiger partial charge in [0.15, 0.2) is 5.78 Å². The van der Waals surface area contributed by atoms with E-state index in [1.807, 2.05) is 13.8 Å². The molecule has 0 aliphatic carbocycles. The van der Waals surface area contributed by atoms with Gasteiger partial charge in [-0.1, -0.05) is 6.08 Å². The van der Waals surface area contributed by atoms with E-state index in [4.69, 9.17) is 0 Å². The molecule has 0 aromatic carbocycles. The maximum Gasteiger partial charge on any atom is 0.189 e. The molecule has 0 bridgehead atoms. The van der Waals surface area contributed by atoms with E-state index in [2.05, 4.69) is 16.5 Å². The van der Waals surface area contributed by atoms with Gasteiger partial charge in [-0.2, -0.15) is 0 Å². The Kier molecular flexibility index (Phi) is 2.13. The van der Waals surface area contributed by atoms with Crippen LogP contribution >= 0.6 is 0 Å².